The highest BCUT2D eigenvalue weighted by Gasteiger charge is 2.28. The number of fused-ring (bicyclic) bond motifs is 1. The molecule has 27 heavy (non-hydrogen) atoms. The number of carbonyl (C=O) groups is 1. The van der Waals surface area contributed by atoms with Crippen molar-refractivity contribution in [1.82, 2.24) is 29.4 Å². The van der Waals surface area contributed by atoms with Crippen molar-refractivity contribution < 1.29 is 4.79 Å². The van der Waals surface area contributed by atoms with Gasteiger partial charge in [-0.15, -0.1) is 10.2 Å². The molecule has 1 saturated heterocycles. The van der Waals surface area contributed by atoms with E-state index in [4.69, 9.17) is 0 Å². The Labute approximate surface area is 156 Å². The van der Waals surface area contributed by atoms with Crippen LogP contribution in [0.25, 0.3) is 10.8 Å². The molecule has 3 aromatic rings. The Kier molecular flexibility index (Phi) is 4.47. The number of benzene rings is 1. The van der Waals surface area contributed by atoms with Crippen LogP contribution in [-0.2, 0) is 18.4 Å². The van der Waals surface area contributed by atoms with Crippen molar-refractivity contribution in [3.8, 4) is 0 Å². The van der Waals surface area contributed by atoms with E-state index in [1.165, 1.54) is 4.68 Å². The molecule has 140 valence electrons. The molecule has 1 amide bonds. The van der Waals surface area contributed by atoms with Gasteiger partial charge in [0, 0.05) is 31.4 Å². The number of hydrogen-bond donors (Lipinski definition) is 0. The van der Waals surface area contributed by atoms with Crippen molar-refractivity contribution in [3.05, 3.63) is 52.5 Å². The lowest BCUT2D eigenvalue weighted by molar-refractivity contribution is -0.133. The molecule has 4 rings (SSSR count). The van der Waals surface area contributed by atoms with E-state index in [1.807, 2.05) is 41.6 Å². The number of hydrogen-bond acceptors (Lipinski definition) is 5. The monoisotopic (exact) mass is 366 g/mol. The van der Waals surface area contributed by atoms with E-state index in [0.717, 1.165) is 29.7 Å². The molecule has 8 heteroatoms. The second-order valence-electron chi connectivity index (χ2n) is 7.07. The molecule has 0 radical (unpaired) electrons. The van der Waals surface area contributed by atoms with Crippen molar-refractivity contribution in [2.24, 2.45) is 7.05 Å². The summed E-state index contributed by atoms with van der Waals surface area (Å²) < 4.78 is 3.18. The van der Waals surface area contributed by atoms with E-state index < -0.39 is 0 Å². The lowest BCUT2D eigenvalue weighted by Crippen LogP contribution is -2.43. The fourth-order valence-electron chi connectivity index (χ4n) is 3.82. The van der Waals surface area contributed by atoms with Crippen LogP contribution in [0.4, 0.5) is 0 Å². The highest BCUT2D eigenvalue weighted by molar-refractivity contribution is 5.83. The van der Waals surface area contributed by atoms with Gasteiger partial charge in [-0.25, -0.2) is 4.68 Å². The smallest absolute Gasteiger partial charge is 0.275 e. The molecular weight excluding hydrogens is 344 g/mol. The Bertz CT molecular complexity index is 1050. The summed E-state index contributed by atoms with van der Waals surface area (Å²) in [5.41, 5.74) is 0.514. The molecule has 1 aliphatic heterocycles. The topological polar surface area (TPSA) is 85.9 Å². The van der Waals surface area contributed by atoms with Crippen molar-refractivity contribution in [3.63, 3.8) is 0 Å². The number of carbonyl (C=O) groups excluding carboxylic acids is 1. The quantitative estimate of drug-likeness (QED) is 0.696. The molecule has 1 aromatic carbocycles. The van der Waals surface area contributed by atoms with Gasteiger partial charge in [-0.05, 0) is 25.8 Å². The summed E-state index contributed by atoms with van der Waals surface area (Å²) in [6.45, 7) is 3.09. The molecular formula is C19H22N6O2. The SMILES string of the molecule is Cc1nn(CC(=O)N2CCC[C@@H](c3nncn3C)C2)c(=O)c2ccccc12. The fraction of sp³-hybridized carbons (Fsp3) is 0.421. The molecule has 1 aliphatic rings. The van der Waals surface area contributed by atoms with Gasteiger partial charge in [0.25, 0.3) is 5.56 Å². The molecule has 0 aliphatic carbocycles. The minimum absolute atomic E-state index is 0.0456. The van der Waals surface area contributed by atoms with Crippen molar-refractivity contribution in [2.75, 3.05) is 13.1 Å². The number of nitrogens with zero attached hydrogens (tertiary/aromatic N) is 6. The molecule has 0 saturated carbocycles. The molecule has 1 atom stereocenters. The third kappa shape index (κ3) is 3.22. The van der Waals surface area contributed by atoms with Gasteiger partial charge in [0.1, 0.15) is 18.7 Å². The zero-order valence-electron chi connectivity index (χ0n) is 15.5. The van der Waals surface area contributed by atoms with Crippen LogP contribution >= 0.6 is 0 Å². The van der Waals surface area contributed by atoms with E-state index in [1.54, 1.807) is 12.4 Å². The molecule has 0 N–H and O–H groups in total. The third-order valence-electron chi connectivity index (χ3n) is 5.22. The van der Waals surface area contributed by atoms with Crippen LogP contribution in [0.5, 0.6) is 0 Å². The second-order valence-corrected chi connectivity index (χ2v) is 7.07. The van der Waals surface area contributed by atoms with Crippen LogP contribution in [0.15, 0.2) is 35.4 Å². The minimum atomic E-state index is -0.230. The number of likely N-dealkylation sites (tertiary alicyclic amines) is 1. The van der Waals surface area contributed by atoms with Crippen LogP contribution in [0.1, 0.15) is 30.3 Å². The Morgan fingerprint density at radius 2 is 2.04 bits per heavy atom. The highest BCUT2D eigenvalue weighted by atomic mass is 16.2. The standard InChI is InChI=1S/C19H22N6O2/c1-13-15-7-3-4-8-16(15)19(27)25(22-13)11-17(26)24-9-5-6-14(10-24)18-21-20-12-23(18)2/h3-4,7-8,12,14H,5-6,9-11H2,1-2H3/t14-/m1/s1. The first-order valence-electron chi connectivity index (χ1n) is 9.12. The zero-order valence-corrected chi connectivity index (χ0v) is 15.5. The number of aryl methyl sites for hydroxylation is 2. The van der Waals surface area contributed by atoms with E-state index in [-0.39, 0.29) is 23.9 Å². The van der Waals surface area contributed by atoms with Gasteiger partial charge in [-0.3, -0.25) is 9.59 Å². The molecule has 0 unspecified atom stereocenters. The lowest BCUT2D eigenvalue weighted by atomic mass is 9.97. The van der Waals surface area contributed by atoms with Crippen molar-refractivity contribution in [2.45, 2.75) is 32.2 Å². The number of aromatic nitrogens is 5. The predicted octanol–water partition coefficient (Wildman–Crippen LogP) is 1.24. The van der Waals surface area contributed by atoms with Gasteiger partial charge >= 0.3 is 0 Å². The largest absolute Gasteiger partial charge is 0.340 e. The van der Waals surface area contributed by atoms with Gasteiger partial charge in [-0.2, -0.15) is 5.10 Å². The Morgan fingerprint density at radius 1 is 1.26 bits per heavy atom. The third-order valence-corrected chi connectivity index (χ3v) is 5.22. The zero-order chi connectivity index (χ0) is 19.0. The van der Waals surface area contributed by atoms with Crippen LogP contribution < -0.4 is 5.56 Å². The van der Waals surface area contributed by atoms with Gasteiger partial charge < -0.3 is 9.47 Å². The van der Waals surface area contributed by atoms with Gasteiger partial charge in [-0.1, -0.05) is 18.2 Å². The fourth-order valence-corrected chi connectivity index (χ4v) is 3.82. The molecule has 8 nitrogen and oxygen atoms in total. The summed E-state index contributed by atoms with van der Waals surface area (Å²) in [5, 5.41) is 13.9. The van der Waals surface area contributed by atoms with E-state index in [0.29, 0.717) is 18.5 Å². The minimum Gasteiger partial charge on any atom is -0.340 e. The van der Waals surface area contributed by atoms with Crippen LogP contribution in [0.2, 0.25) is 0 Å². The molecule has 0 bridgehead atoms. The maximum absolute atomic E-state index is 12.9. The molecule has 2 aromatic heterocycles. The molecule has 0 spiro atoms. The number of piperidine rings is 1. The summed E-state index contributed by atoms with van der Waals surface area (Å²) in [5.74, 6) is 0.966. The average Bonchev–Trinajstić information content (AvgIpc) is 3.12. The van der Waals surface area contributed by atoms with E-state index in [2.05, 4.69) is 15.3 Å². The Balaban J connectivity index is 1.56. The second kappa shape index (κ2) is 6.94. The first kappa shape index (κ1) is 17.4. The number of rotatable bonds is 3. The van der Waals surface area contributed by atoms with Gasteiger partial charge in [0.05, 0.1) is 11.1 Å². The Hall–Kier alpha value is -3.03. The maximum atomic E-state index is 12.9. The Morgan fingerprint density at radius 3 is 2.78 bits per heavy atom. The first-order chi connectivity index (χ1) is 13.0. The predicted molar refractivity (Wildman–Crippen MR) is 100 cm³/mol. The van der Waals surface area contributed by atoms with Gasteiger partial charge in [0.2, 0.25) is 5.91 Å². The lowest BCUT2D eigenvalue weighted by Gasteiger charge is -2.32. The maximum Gasteiger partial charge on any atom is 0.275 e. The molecule has 1 fully saturated rings. The van der Waals surface area contributed by atoms with Gasteiger partial charge in [0.15, 0.2) is 0 Å². The van der Waals surface area contributed by atoms with E-state index in [9.17, 15) is 9.59 Å². The first-order valence-corrected chi connectivity index (χ1v) is 9.12. The van der Waals surface area contributed by atoms with Crippen LogP contribution in [-0.4, -0.2) is 48.4 Å². The van der Waals surface area contributed by atoms with Crippen molar-refractivity contribution in [1.29, 1.82) is 0 Å². The summed E-state index contributed by atoms with van der Waals surface area (Å²) in [6, 6.07) is 7.36. The van der Waals surface area contributed by atoms with Crippen molar-refractivity contribution >= 4 is 16.7 Å². The van der Waals surface area contributed by atoms with E-state index >= 15 is 0 Å². The normalized spacial score (nSPS) is 17.4. The summed E-state index contributed by atoms with van der Waals surface area (Å²) in [7, 11) is 1.91. The summed E-state index contributed by atoms with van der Waals surface area (Å²) in [4.78, 5) is 27.4. The van der Waals surface area contributed by atoms with Crippen LogP contribution in [0, 0.1) is 6.92 Å². The number of amides is 1. The summed E-state index contributed by atoms with van der Waals surface area (Å²) in [6.07, 6.45) is 3.56. The highest BCUT2D eigenvalue weighted by Crippen LogP contribution is 2.25. The average molecular weight is 366 g/mol. The summed E-state index contributed by atoms with van der Waals surface area (Å²) >= 11 is 0. The molecule has 3 heterocycles. The van der Waals surface area contributed by atoms with Crippen LogP contribution in [0.3, 0.4) is 0 Å².